The number of amides is 1. The molecule has 0 saturated heterocycles. The number of rotatable bonds is 6. The highest BCUT2D eigenvalue weighted by Gasteiger charge is 2.12. The zero-order valence-corrected chi connectivity index (χ0v) is 14.1. The Morgan fingerprint density at radius 3 is 2.65 bits per heavy atom. The first-order valence-corrected chi connectivity index (χ1v) is 7.70. The van der Waals surface area contributed by atoms with Gasteiger partial charge in [0.25, 0.3) is 5.91 Å². The van der Waals surface area contributed by atoms with Gasteiger partial charge in [-0.05, 0) is 45.8 Å². The van der Waals surface area contributed by atoms with Crippen molar-refractivity contribution >= 4 is 27.8 Å². The van der Waals surface area contributed by atoms with Crippen LogP contribution in [0.25, 0.3) is 0 Å². The largest absolute Gasteiger partial charge is 0.497 e. The second-order valence-corrected chi connectivity index (χ2v) is 5.54. The predicted octanol–water partition coefficient (Wildman–Crippen LogP) is 2.93. The molecule has 0 radical (unpaired) electrons. The van der Waals surface area contributed by atoms with Crippen LogP contribution in [0.4, 0.5) is 0 Å². The number of hydrogen-bond donors (Lipinski definition) is 1. The Bertz CT molecular complexity index is 702. The van der Waals surface area contributed by atoms with Crippen LogP contribution in [0.1, 0.15) is 15.9 Å². The molecular weight excluding hydrogens is 362 g/mol. The summed E-state index contributed by atoms with van der Waals surface area (Å²) in [6.07, 6.45) is 0. The van der Waals surface area contributed by atoms with Gasteiger partial charge in [0.1, 0.15) is 5.75 Å². The molecule has 0 aliphatic rings. The number of nitrogens with one attached hydrogen (secondary N) is 1. The van der Waals surface area contributed by atoms with Crippen molar-refractivity contribution < 1.29 is 19.1 Å². The van der Waals surface area contributed by atoms with Crippen molar-refractivity contribution in [3.05, 3.63) is 64.1 Å². The molecule has 120 valence electrons. The normalized spacial score (nSPS) is 10.0. The summed E-state index contributed by atoms with van der Waals surface area (Å²) < 4.78 is 10.7. The summed E-state index contributed by atoms with van der Waals surface area (Å²) in [6.45, 7) is 0.00670. The van der Waals surface area contributed by atoms with Gasteiger partial charge in [0.05, 0.1) is 12.7 Å². The molecule has 1 N–H and O–H groups in total. The molecule has 5 nitrogen and oxygen atoms in total. The maximum atomic E-state index is 11.9. The molecule has 0 bridgehead atoms. The maximum Gasteiger partial charge on any atom is 0.339 e. The smallest absolute Gasteiger partial charge is 0.339 e. The summed E-state index contributed by atoms with van der Waals surface area (Å²) in [5.74, 6) is -0.195. The minimum Gasteiger partial charge on any atom is -0.497 e. The van der Waals surface area contributed by atoms with E-state index in [0.29, 0.717) is 16.6 Å². The third kappa shape index (κ3) is 5.10. The van der Waals surface area contributed by atoms with E-state index in [1.54, 1.807) is 31.4 Å². The molecule has 0 spiro atoms. The summed E-state index contributed by atoms with van der Waals surface area (Å²) in [4.78, 5) is 23.6. The van der Waals surface area contributed by atoms with E-state index in [-0.39, 0.29) is 12.5 Å². The van der Waals surface area contributed by atoms with E-state index in [2.05, 4.69) is 21.2 Å². The van der Waals surface area contributed by atoms with E-state index < -0.39 is 5.97 Å². The molecule has 2 rings (SSSR count). The minimum absolute atomic E-state index is 0.329. The molecule has 1 amide bonds. The van der Waals surface area contributed by atoms with Crippen molar-refractivity contribution in [1.82, 2.24) is 5.32 Å². The fourth-order valence-corrected chi connectivity index (χ4v) is 2.32. The zero-order chi connectivity index (χ0) is 16.7. The van der Waals surface area contributed by atoms with Crippen molar-refractivity contribution in [3.8, 4) is 5.75 Å². The Hall–Kier alpha value is -2.34. The highest BCUT2D eigenvalue weighted by molar-refractivity contribution is 9.10. The lowest BCUT2D eigenvalue weighted by Gasteiger charge is -2.08. The molecule has 23 heavy (non-hydrogen) atoms. The Kier molecular flexibility index (Phi) is 6.17. The molecule has 0 aliphatic carbocycles. The molecule has 0 heterocycles. The number of ether oxygens (including phenoxy) is 2. The fraction of sp³-hybridized carbons (Fsp3) is 0.176. The molecule has 2 aromatic carbocycles. The Morgan fingerprint density at radius 1 is 1.13 bits per heavy atom. The van der Waals surface area contributed by atoms with Crippen LogP contribution in [-0.2, 0) is 16.1 Å². The molecule has 6 heteroatoms. The van der Waals surface area contributed by atoms with Crippen LogP contribution < -0.4 is 10.1 Å². The lowest BCUT2D eigenvalue weighted by atomic mass is 10.2. The number of carbonyl (C=O) groups is 2. The highest BCUT2D eigenvalue weighted by Crippen LogP contribution is 2.16. The summed E-state index contributed by atoms with van der Waals surface area (Å²) in [6, 6.07) is 14.2. The van der Waals surface area contributed by atoms with Crippen LogP contribution >= 0.6 is 15.9 Å². The number of carbonyl (C=O) groups excluding carboxylic acids is 2. The molecule has 0 aliphatic heterocycles. The van der Waals surface area contributed by atoms with Crippen molar-refractivity contribution in [2.24, 2.45) is 0 Å². The third-order valence-electron chi connectivity index (χ3n) is 3.05. The average Bonchev–Trinajstić information content (AvgIpc) is 2.58. The van der Waals surface area contributed by atoms with E-state index in [1.807, 2.05) is 24.3 Å². The van der Waals surface area contributed by atoms with Crippen LogP contribution in [0.3, 0.4) is 0 Å². The molecule has 0 saturated carbocycles. The standard InChI is InChI=1S/C17H16BrNO4/c1-22-13-6-4-5-12(9-13)10-19-16(20)11-23-17(21)14-7-2-3-8-15(14)18/h2-9H,10-11H2,1H3,(H,19,20). The first-order chi connectivity index (χ1) is 11.1. The summed E-state index contributed by atoms with van der Waals surface area (Å²) in [7, 11) is 1.58. The van der Waals surface area contributed by atoms with Gasteiger partial charge in [-0.3, -0.25) is 4.79 Å². The Morgan fingerprint density at radius 2 is 1.91 bits per heavy atom. The van der Waals surface area contributed by atoms with Gasteiger partial charge < -0.3 is 14.8 Å². The molecule has 0 atom stereocenters. The topological polar surface area (TPSA) is 64.6 Å². The monoisotopic (exact) mass is 377 g/mol. The summed E-state index contributed by atoms with van der Waals surface area (Å²) >= 11 is 3.27. The lowest BCUT2D eigenvalue weighted by molar-refractivity contribution is -0.124. The van der Waals surface area contributed by atoms with Gasteiger partial charge in [0.15, 0.2) is 6.61 Å². The molecule has 0 aromatic heterocycles. The van der Waals surface area contributed by atoms with Crippen molar-refractivity contribution in [2.45, 2.75) is 6.54 Å². The van der Waals surface area contributed by atoms with E-state index in [4.69, 9.17) is 9.47 Å². The van der Waals surface area contributed by atoms with Gasteiger partial charge >= 0.3 is 5.97 Å². The summed E-state index contributed by atoms with van der Waals surface area (Å²) in [5, 5.41) is 2.69. The number of methoxy groups -OCH3 is 1. The third-order valence-corrected chi connectivity index (χ3v) is 3.74. The van der Waals surface area contributed by atoms with Crippen LogP contribution in [0, 0.1) is 0 Å². The zero-order valence-electron chi connectivity index (χ0n) is 12.5. The maximum absolute atomic E-state index is 11.9. The van der Waals surface area contributed by atoms with Crippen LogP contribution in [-0.4, -0.2) is 25.6 Å². The SMILES string of the molecule is COc1cccc(CNC(=O)COC(=O)c2ccccc2Br)c1. The van der Waals surface area contributed by atoms with Crippen molar-refractivity contribution in [2.75, 3.05) is 13.7 Å². The van der Waals surface area contributed by atoms with E-state index >= 15 is 0 Å². The molecular formula is C17H16BrNO4. The number of benzene rings is 2. The number of esters is 1. The second-order valence-electron chi connectivity index (χ2n) is 4.68. The van der Waals surface area contributed by atoms with Gasteiger partial charge in [0, 0.05) is 11.0 Å². The molecule has 0 unspecified atom stereocenters. The lowest BCUT2D eigenvalue weighted by Crippen LogP contribution is -2.28. The quantitative estimate of drug-likeness (QED) is 0.786. The van der Waals surface area contributed by atoms with Crippen LogP contribution in [0.5, 0.6) is 5.75 Å². The van der Waals surface area contributed by atoms with E-state index in [1.165, 1.54) is 0 Å². The van der Waals surface area contributed by atoms with E-state index in [0.717, 1.165) is 11.3 Å². The van der Waals surface area contributed by atoms with Gasteiger partial charge in [-0.1, -0.05) is 24.3 Å². The first kappa shape index (κ1) is 17.0. The Labute approximate surface area is 142 Å². The summed E-state index contributed by atoms with van der Waals surface area (Å²) in [5.41, 5.74) is 1.28. The highest BCUT2D eigenvalue weighted by atomic mass is 79.9. The van der Waals surface area contributed by atoms with Gasteiger partial charge in [-0.25, -0.2) is 4.79 Å². The number of halogens is 1. The first-order valence-electron chi connectivity index (χ1n) is 6.91. The van der Waals surface area contributed by atoms with Gasteiger partial charge in [-0.2, -0.15) is 0 Å². The van der Waals surface area contributed by atoms with Crippen LogP contribution in [0.15, 0.2) is 53.0 Å². The predicted molar refractivity (Wildman–Crippen MR) is 89.3 cm³/mol. The van der Waals surface area contributed by atoms with Gasteiger partial charge in [-0.15, -0.1) is 0 Å². The minimum atomic E-state index is -0.547. The van der Waals surface area contributed by atoms with Crippen LogP contribution in [0.2, 0.25) is 0 Å². The fourth-order valence-electron chi connectivity index (χ4n) is 1.87. The Balaban J connectivity index is 1.81. The average molecular weight is 378 g/mol. The molecule has 0 fully saturated rings. The molecule has 2 aromatic rings. The van der Waals surface area contributed by atoms with Gasteiger partial charge in [0.2, 0.25) is 0 Å². The van der Waals surface area contributed by atoms with Crippen molar-refractivity contribution in [1.29, 1.82) is 0 Å². The van der Waals surface area contributed by atoms with Crippen molar-refractivity contribution in [3.63, 3.8) is 0 Å². The number of hydrogen-bond acceptors (Lipinski definition) is 4. The second kappa shape index (κ2) is 8.33. The van der Waals surface area contributed by atoms with E-state index in [9.17, 15) is 9.59 Å².